The zero-order valence-electron chi connectivity index (χ0n) is 14.3. The SMILES string of the molecule is CCCCC(C)OC(=O)C(C)(CC(C)(C)C)C(C)C. The van der Waals surface area contributed by atoms with Crippen molar-refractivity contribution < 1.29 is 9.53 Å². The van der Waals surface area contributed by atoms with Crippen molar-refractivity contribution in [2.24, 2.45) is 16.7 Å². The molecule has 0 aliphatic carbocycles. The first kappa shape index (κ1) is 18.5. The van der Waals surface area contributed by atoms with E-state index in [0.717, 1.165) is 25.7 Å². The van der Waals surface area contributed by atoms with Crippen LogP contribution < -0.4 is 0 Å². The molecule has 2 nitrogen and oxygen atoms in total. The van der Waals surface area contributed by atoms with Gasteiger partial charge in [-0.3, -0.25) is 4.79 Å². The highest BCUT2D eigenvalue weighted by Gasteiger charge is 2.41. The molecule has 2 unspecified atom stereocenters. The van der Waals surface area contributed by atoms with Crippen LogP contribution in [-0.2, 0) is 9.53 Å². The van der Waals surface area contributed by atoms with E-state index >= 15 is 0 Å². The zero-order chi connectivity index (χ0) is 15.3. The standard InChI is InChI=1S/C17H34O2/c1-9-10-11-14(4)19-15(18)17(8,13(2)3)12-16(5,6)7/h13-14H,9-12H2,1-8H3. The van der Waals surface area contributed by atoms with Crippen LogP contribution in [0.25, 0.3) is 0 Å². The van der Waals surface area contributed by atoms with Gasteiger partial charge < -0.3 is 4.74 Å². The summed E-state index contributed by atoms with van der Waals surface area (Å²) in [6.07, 6.45) is 4.12. The van der Waals surface area contributed by atoms with Crippen molar-refractivity contribution in [3.05, 3.63) is 0 Å². The van der Waals surface area contributed by atoms with E-state index in [1.807, 2.05) is 6.92 Å². The van der Waals surface area contributed by atoms with Crippen LogP contribution in [0.2, 0.25) is 0 Å². The van der Waals surface area contributed by atoms with Crippen molar-refractivity contribution in [3.8, 4) is 0 Å². The molecule has 2 atom stereocenters. The molecular weight excluding hydrogens is 236 g/mol. The van der Waals surface area contributed by atoms with Gasteiger partial charge in [0.25, 0.3) is 0 Å². The molecule has 114 valence electrons. The maximum atomic E-state index is 12.5. The Balaban J connectivity index is 4.75. The Hall–Kier alpha value is -0.530. The van der Waals surface area contributed by atoms with Gasteiger partial charge in [0.15, 0.2) is 0 Å². The van der Waals surface area contributed by atoms with Gasteiger partial charge in [0.1, 0.15) is 0 Å². The van der Waals surface area contributed by atoms with E-state index < -0.39 is 5.41 Å². The lowest BCUT2D eigenvalue weighted by molar-refractivity contribution is -0.165. The summed E-state index contributed by atoms with van der Waals surface area (Å²) in [6, 6.07) is 0. The van der Waals surface area contributed by atoms with Gasteiger partial charge in [0, 0.05) is 0 Å². The van der Waals surface area contributed by atoms with Crippen LogP contribution in [0.5, 0.6) is 0 Å². The fourth-order valence-corrected chi connectivity index (χ4v) is 2.48. The van der Waals surface area contributed by atoms with Crippen molar-refractivity contribution >= 4 is 5.97 Å². The average molecular weight is 270 g/mol. The van der Waals surface area contributed by atoms with Crippen molar-refractivity contribution in [1.29, 1.82) is 0 Å². The minimum absolute atomic E-state index is 0.0268. The predicted octanol–water partition coefficient (Wildman–Crippen LogP) is 5.21. The van der Waals surface area contributed by atoms with E-state index in [-0.39, 0.29) is 23.4 Å². The van der Waals surface area contributed by atoms with Crippen LogP contribution in [-0.4, -0.2) is 12.1 Å². The summed E-state index contributed by atoms with van der Waals surface area (Å²) in [4.78, 5) is 12.5. The number of hydrogen-bond acceptors (Lipinski definition) is 2. The number of rotatable bonds is 7. The lowest BCUT2D eigenvalue weighted by atomic mass is 9.69. The van der Waals surface area contributed by atoms with Gasteiger partial charge in [-0.25, -0.2) is 0 Å². The molecule has 0 spiro atoms. The minimum Gasteiger partial charge on any atom is -0.462 e. The number of esters is 1. The van der Waals surface area contributed by atoms with E-state index in [1.54, 1.807) is 0 Å². The lowest BCUT2D eigenvalue weighted by Gasteiger charge is -2.37. The van der Waals surface area contributed by atoms with E-state index in [2.05, 4.69) is 48.5 Å². The topological polar surface area (TPSA) is 26.3 Å². The molecule has 0 aromatic carbocycles. The maximum Gasteiger partial charge on any atom is 0.312 e. The number of ether oxygens (including phenoxy) is 1. The first-order valence-electron chi connectivity index (χ1n) is 7.74. The lowest BCUT2D eigenvalue weighted by Crippen LogP contribution is -2.39. The van der Waals surface area contributed by atoms with Gasteiger partial charge in [-0.15, -0.1) is 0 Å². The van der Waals surface area contributed by atoms with E-state index in [4.69, 9.17) is 4.74 Å². The number of unbranched alkanes of at least 4 members (excludes halogenated alkanes) is 1. The van der Waals surface area contributed by atoms with Crippen LogP contribution in [0.3, 0.4) is 0 Å². The number of carbonyl (C=O) groups is 1. The normalized spacial score (nSPS) is 17.1. The second kappa shape index (κ2) is 7.31. The van der Waals surface area contributed by atoms with E-state index in [0.29, 0.717) is 0 Å². The molecule has 0 radical (unpaired) electrons. The van der Waals surface area contributed by atoms with Gasteiger partial charge in [0.2, 0.25) is 0 Å². The third-order valence-corrected chi connectivity index (χ3v) is 3.91. The largest absolute Gasteiger partial charge is 0.462 e. The smallest absolute Gasteiger partial charge is 0.312 e. The molecule has 0 aromatic heterocycles. The molecule has 19 heavy (non-hydrogen) atoms. The van der Waals surface area contributed by atoms with Crippen LogP contribution in [0.15, 0.2) is 0 Å². The predicted molar refractivity (Wildman–Crippen MR) is 82.1 cm³/mol. The highest BCUT2D eigenvalue weighted by atomic mass is 16.5. The van der Waals surface area contributed by atoms with Crippen LogP contribution in [0, 0.1) is 16.7 Å². The quantitative estimate of drug-likeness (QED) is 0.594. The third kappa shape index (κ3) is 6.44. The summed E-state index contributed by atoms with van der Waals surface area (Å²) in [5.74, 6) is 0.263. The zero-order valence-corrected chi connectivity index (χ0v) is 14.3. The molecule has 0 aliphatic rings. The summed E-state index contributed by atoms with van der Waals surface area (Å²) in [5, 5.41) is 0. The molecule has 2 heteroatoms. The highest BCUT2D eigenvalue weighted by Crippen LogP contribution is 2.40. The van der Waals surface area contributed by atoms with Crippen LogP contribution in [0.1, 0.15) is 81.1 Å². The Morgan fingerprint density at radius 2 is 1.63 bits per heavy atom. The van der Waals surface area contributed by atoms with Gasteiger partial charge in [-0.1, -0.05) is 54.4 Å². The molecule has 0 fully saturated rings. The Morgan fingerprint density at radius 3 is 2.00 bits per heavy atom. The monoisotopic (exact) mass is 270 g/mol. The van der Waals surface area contributed by atoms with E-state index in [1.165, 1.54) is 0 Å². The first-order valence-corrected chi connectivity index (χ1v) is 7.74. The Labute approximate surface area is 120 Å². The number of carbonyl (C=O) groups excluding carboxylic acids is 1. The van der Waals surface area contributed by atoms with Gasteiger partial charge in [0.05, 0.1) is 11.5 Å². The van der Waals surface area contributed by atoms with Crippen molar-refractivity contribution in [2.45, 2.75) is 87.2 Å². The first-order chi connectivity index (χ1) is 8.53. The second-order valence-corrected chi connectivity index (χ2v) is 7.67. The fraction of sp³-hybridized carbons (Fsp3) is 0.941. The number of hydrogen-bond donors (Lipinski definition) is 0. The molecule has 0 aliphatic heterocycles. The van der Waals surface area contributed by atoms with Crippen LogP contribution >= 0.6 is 0 Å². The summed E-state index contributed by atoms with van der Waals surface area (Å²) >= 11 is 0. The van der Waals surface area contributed by atoms with Crippen molar-refractivity contribution in [3.63, 3.8) is 0 Å². The van der Waals surface area contributed by atoms with Gasteiger partial charge in [-0.2, -0.15) is 0 Å². The minimum atomic E-state index is -0.390. The second-order valence-electron chi connectivity index (χ2n) is 7.67. The average Bonchev–Trinajstić information content (AvgIpc) is 2.23. The van der Waals surface area contributed by atoms with Gasteiger partial charge >= 0.3 is 5.97 Å². The van der Waals surface area contributed by atoms with Gasteiger partial charge in [-0.05, 0) is 38.0 Å². The molecule has 0 saturated heterocycles. The third-order valence-electron chi connectivity index (χ3n) is 3.91. The summed E-state index contributed by atoms with van der Waals surface area (Å²) in [7, 11) is 0. The molecular formula is C17H34O2. The molecule has 0 amide bonds. The Morgan fingerprint density at radius 1 is 1.11 bits per heavy atom. The van der Waals surface area contributed by atoms with Crippen molar-refractivity contribution in [2.75, 3.05) is 0 Å². The maximum absolute atomic E-state index is 12.5. The molecule has 0 rings (SSSR count). The Kier molecular flexibility index (Phi) is 7.10. The van der Waals surface area contributed by atoms with E-state index in [9.17, 15) is 4.79 Å². The summed E-state index contributed by atoms with van der Waals surface area (Å²) < 4.78 is 5.69. The molecule has 0 bridgehead atoms. The molecule has 0 N–H and O–H groups in total. The van der Waals surface area contributed by atoms with Crippen molar-refractivity contribution in [1.82, 2.24) is 0 Å². The Bertz CT molecular complexity index is 275. The molecule has 0 aromatic rings. The highest BCUT2D eigenvalue weighted by molar-refractivity contribution is 5.77. The summed E-state index contributed by atoms with van der Waals surface area (Å²) in [5.41, 5.74) is -0.260. The summed E-state index contributed by atoms with van der Waals surface area (Å²) in [6.45, 7) is 17.0. The molecule has 0 saturated carbocycles. The molecule has 0 heterocycles. The fourth-order valence-electron chi connectivity index (χ4n) is 2.48. The van der Waals surface area contributed by atoms with Crippen LogP contribution in [0.4, 0.5) is 0 Å².